The molecule has 1 heterocycles. The first-order valence-corrected chi connectivity index (χ1v) is 4.51. The molecule has 15 heavy (non-hydrogen) atoms. The van der Waals surface area contributed by atoms with Crippen LogP contribution in [0.15, 0.2) is 0 Å². The molecule has 0 aromatic rings. The summed E-state index contributed by atoms with van der Waals surface area (Å²) >= 11 is 0. The van der Waals surface area contributed by atoms with Gasteiger partial charge in [-0.1, -0.05) is 0 Å². The predicted octanol–water partition coefficient (Wildman–Crippen LogP) is -2.10. The molecule has 0 bridgehead atoms. The summed E-state index contributed by atoms with van der Waals surface area (Å²) in [5, 5.41) is 29.6. The van der Waals surface area contributed by atoms with Crippen LogP contribution in [0.2, 0.25) is 0 Å². The number of hydrogen-bond donors (Lipinski definition) is 4. The van der Waals surface area contributed by atoms with E-state index in [-0.39, 0.29) is 0 Å². The fraction of sp³-hybridized carbons (Fsp3) is 0.875. The first kappa shape index (κ1) is 12.3. The third kappa shape index (κ3) is 2.63. The zero-order chi connectivity index (χ0) is 11.6. The lowest BCUT2D eigenvalue weighted by atomic mass is 9.98. The molecule has 0 spiro atoms. The molecule has 3 unspecified atom stereocenters. The molecule has 1 rings (SSSR count). The Morgan fingerprint density at radius 1 is 1.53 bits per heavy atom. The lowest BCUT2D eigenvalue weighted by molar-refractivity contribution is -0.240. The van der Waals surface area contributed by atoms with Gasteiger partial charge >= 0.3 is 0 Å². The fourth-order valence-electron chi connectivity index (χ4n) is 1.46. The summed E-state index contributed by atoms with van der Waals surface area (Å²) in [5.41, 5.74) is 0. The van der Waals surface area contributed by atoms with E-state index in [4.69, 9.17) is 5.11 Å². The fourth-order valence-corrected chi connectivity index (χ4v) is 1.46. The Balaban J connectivity index is 2.70. The van der Waals surface area contributed by atoms with Gasteiger partial charge in [0.15, 0.2) is 12.5 Å². The number of alkyl halides is 1. The molecule has 7 heteroatoms. The number of carbonyl (C=O) groups excluding carboxylic acids is 1. The predicted molar refractivity (Wildman–Crippen MR) is 46.5 cm³/mol. The number of hydrogen-bond acceptors (Lipinski definition) is 5. The maximum absolute atomic E-state index is 13.3. The number of rotatable bonds is 2. The molecule has 1 fully saturated rings. The summed E-state index contributed by atoms with van der Waals surface area (Å²) in [7, 11) is 0. The molecular weight excluding hydrogens is 209 g/mol. The number of nitrogens with one attached hydrogen (secondary N) is 1. The van der Waals surface area contributed by atoms with E-state index in [1.807, 2.05) is 0 Å². The van der Waals surface area contributed by atoms with Crippen molar-refractivity contribution >= 4 is 5.91 Å². The van der Waals surface area contributed by atoms with Gasteiger partial charge in [0.1, 0.15) is 18.2 Å². The van der Waals surface area contributed by atoms with E-state index < -0.39 is 43.2 Å². The smallest absolute Gasteiger partial charge is 0.217 e. The molecular formula is C8H14FNO5. The van der Waals surface area contributed by atoms with Crippen molar-refractivity contribution in [2.45, 2.75) is 37.6 Å². The number of aliphatic hydroxyl groups excluding tert-OH is 3. The summed E-state index contributed by atoms with van der Waals surface area (Å²) in [6.07, 6.45) is -6.27. The molecule has 1 amide bonds. The van der Waals surface area contributed by atoms with E-state index in [1.54, 1.807) is 0 Å². The summed E-state index contributed by atoms with van der Waals surface area (Å²) in [6, 6.07) is -1.22. The van der Waals surface area contributed by atoms with E-state index in [2.05, 4.69) is 10.1 Å². The van der Waals surface area contributed by atoms with Crippen molar-refractivity contribution < 1.29 is 29.2 Å². The van der Waals surface area contributed by atoms with Crippen LogP contribution < -0.4 is 5.32 Å². The van der Waals surface area contributed by atoms with E-state index >= 15 is 0 Å². The average Bonchev–Trinajstić information content (AvgIpc) is 2.18. The van der Waals surface area contributed by atoms with Crippen LogP contribution in [0, 0.1) is 0 Å². The Morgan fingerprint density at radius 2 is 2.13 bits per heavy atom. The minimum absolute atomic E-state index is 0.517. The Hall–Kier alpha value is -0.760. The Kier molecular flexibility index (Phi) is 3.97. The lowest BCUT2D eigenvalue weighted by Gasteiger charge is -2.38. The Labute approximate surface area is 85.7 Å². The SMILES string of the molecule is CC(=O)NC1C(O)[C@@H](F)C(CO)O[C@H]1O. The molecule has 4 N–H and O–H groups in total. The minimum Gasteiger partial charge on any atom is -0.394 e. The van der Waals surface area contributed by atoms with Crippen LogP contribution in [0.1, 0.15) is 6.92 Å². The van der Waals surface area contributed by atoms with Crippen LogP contribution >= 0.6 is 0 Å². The van der Waals surface area contributed by atoms with Crippen molar-refractivity contribution in [2.75, 3.05) is 6.61 Å². The van der Waals surface area contributed by atoms with Crippen molar-refractivity contribution in [3.8, 4) is 0 Å². The van der Waals surface area contributed by atoms with Crippen LogP contribution in [-0.4, -0.2) is 58.5 Å². The van der Waals surface area contributed by atoms with Crippen molar-refractivity contribution in [2.24, 2.45) is 0 Å². The first-order valence-electron chi connectivity index (χ1n) is 4.51. The monoisotopic (exact) mass is 223 g/mol. The molecule has 88 valence electrons. The number of amides is 1. The molecule has 5 atom stereocenters. The molecule has 0 aliphatic carbocycles. The van der Waals surface area contributed by atoms with Crippen molar-refractivity contribution in [1.29, 1.82) is 0 Å². The standard InChI is InChI=1S/C8H14FNO5/c1-3(12)10-6-7(13)5(9)4(2-11)15-8(6)14/h4-8,11,13-14H,2H2,1H3,(H,10,12)/t4?,5-,6?,7?,8+/m0/s1. The Morgan fingerprint density at radius 3 is 2.60 bits per heavy atom. The highest BCUT2D eigenvalue weighted by molar-refractivity contribution is 5.73. The van der Waals surface area contributed by atoms with Crippen molar-refractivity contribution in [3.63, 3.8) is 0 Å². The molecule has 0 aromatic heterocycles. The maximum atomic E-state index is 13.3. The van der Waals surface area contributed by atoms with Crippen LogP contribution in [0.3, 0.4) is 0 Å². The summed E-state index contributed by atoms with van der Waals surface area (Å²) in [5.74, 6) is -0.517. The second-order valence-electron chi connectivity index (χ2n) is 3.41. The normalized spacial score (nSPS) is 41.3. The molecule has 1 aliphatic heterocycles. The number of halogens is 1. The van der Waals surface area contributed by atoms with Gasteiger partial charge in [-0.05, 0) is 0 Å². The van der Waals surface area contributed by atoms with Gasteiger partial charge in [0.05, 0.1) is 6.61 Å². The highest BCUT2D eigenvalue weighted by Gasteiger charge is 2.45. The van der Waals surface area contributed by atoms with E-state index in [0.29, 0.717) is 0 Å². The molecule has 6 nitrogen and oxygen atoms in total. The van der Waals surface area contributed by atoms with Gasteiger partial charge in [-0.25, -0.2) is 4.39 Å². The molecule has 1 saturated heterocycles. The minimum atomic E-state index is -1.85. The van der Waals surface area contributed by atoms with Crippen LogP contribution in [0.4, 0.5) is 4.39 Å². The van der Waals surface area contributed by atoms with Gasteiger partial charge in [0.2, 0.25) is 5.91 Å². The topological polar surface area (TPSA) is 99.0 Å². The summed E-state index contributed by atoms with van der Waals surface area (Å²) in [4.78, 5) is 10.7. The third-order valence-electron chi connectivity index (χ3n) is 2.22. The molecule has 1 aliphatic rings. The van der Waals surface area contributed by atoms with Gasteiger partial charge in [-0.15, -0.1) is 0 Å². The average molecular weight is 223 g/mol. The highest BCUT2D eigenvalue weighted by Crippen LogP contribution is 2.22. The number of carbonyl (C=O) groups is 1. The van der Waals surface area contributed by atoms with Gasteiger partial charge in [0.25, 0.3) is 0 Å². The van der Waals surface area contributed by atoms with E-state index in [1.165, 1.54) is 6.92 Å². The Bertz CT molecular complexity index is 239. The summed E-state index contributed by atoms with van der Waals surface area (Å²) in [6.45, 7) is 0.521. The second-order valence-corrected chi connectivity index (χ2v) is 3.41. The zero-order valence-corrected chi connectivity index (χ0v) is 8.13. The van der Waals surface area contributed by atoms with Gasteiger partial charge in [0, 0.05) is 6.92 Å². The largest absolute Gasteiger partial charge is 0.394 e. The molecule has 0 saturated carbocycles. The van der Waals surface area contributed by atoms with Crippen molar-refractivity contribution in [3.05, 3.63) is 0 Å². The van der Waals surface area contributed by atoms with Crippen LogP contribution in [0.5, 0.6) is 0 Å². The van der Waals surface area contributed by atoms with Crippen molar-refractivity contribution in [1.82, 2.24) is 5.32 Å². The second kappa shape index (κ2) is 4.84. The van der Waals surface area contributed by atoms with Gasteiger partial charge in [-0.2, -0.15) is 0 Å². The molecule has 0 aromatic carbocycles. The van der Waals surface area contributed by atoms with Crippen LogP contribution in [0.25, 0.3) is 0 Å². The number of ether oxygens (including phenoxy) is 1. The third-order valence-corrected chi connectivity index (χ3v) is 2.22. The first-order chi connectivity index (χ1) is 6.97. The van der Waals surface area contributed by atoms with Gasteiger partial charge in [-0.3, -0.25) is 4.79 Å². The quantitative estimate of drug-likeness (QED) is 0.430. The van der Waals surface area contributed by atoms with E-state index in [9.17, 15) is 19.4 Å². The number of aliphatic hydroxyl groups is 3. The molecule has 0 radical (unpaired) electrons. The maximum Gasteiger partial charge on any atom is 0.217 e. The van der Waals surface area contributed by atoms with Crippen LogP contribution in [-0.2, 0) is 9.53 Å². The van der Waals surface area contributed by atoms with Gasteiger partial charge < -0.3 is 25.4 Å². The highest BCUT2D eigenvalue weighted by atomic mass is 19.1. The zero-order valence-electron chi connectivity index (χ0n) is 8.13. The van der Waals surface area contributed by atoms with E-state index in [0.717, 1.165) is 0 Å². The lowest BCUT2D eigenvalue weighted by Crippen LogP contribution is -2.62. The summed E-state index contributed by atoms with van der Waals surface area (Å²) < 4.78 is 18.0.